The standard InChI is InChI=1S/C25H22N6OS/c32-25(27-13-19-8-10-21(11-9-19)15-31-18-26-17-28-31)22-16-30(14-20-5-2-1-3-6-20)29-24(22)23-7-4-12-33-23/h1-12,16-18H,13-15H2,(H,27,32). The van der Waals surface area contributed by atoms with Crippen molar-refractivity contribution in [2.24, 2.45) is 0 Å². The van der Waals surface area contributed by atoms with Gasteiger partial charge < -0.3 is 5.32 Å². The van der Waals surface area contributed by atoms with Crippen molar-refractivity contribution in [2.75, 3.05) is 0 Å². The average molecular weight is 455 g/mol. The van der Waals surface area contributed by atoms with Crippen molar-refractivity contribution < 1.29 is 4.79 Å². The summed E-state index contributed by atoms with van der Waals surface area (Å²) in [5.74, 6) is -0.135. The van der Waals surface area contributed by atoms with E-state index in [0.29, 0.717) is 30.9 Å². The monoisotopic (exact) mass is 454 g/mol. The molecule has 2 aromatic carbocycles. The van der Waals surface area contributed by atoms with Crippen molar-refractivity contribution >= 4 is 17.2 Å². The largest absolute Gasteiger partial charge is 0.348 e. The quantitative estimate of drug-likeness (QED) is 0.381. The Hall–Kier alpha value is -4.04. The Bertz CT molecular complexity index is 1310. The van der Waals surface area contributed by atoms with E-state index in [0.717, 1.165) is 21.6 Å². The van der Waals surface area contributed by atoms with E-state index in [-0.39, 0.29) is 5.91 Å². The predicted octanol–water partition coefficient (Wildman–Crippen LogP) is 4.23. The fourth-order valence-corrected chi connectivity index (χ4v) is 4.30. The normalized spacial score (nSPS) is 10.9. The zero-order valence-corrected chi connectivity index (χ0v) is 18.7. The second-order valence-electron chi connectivity index (χ2n) is 7.64. The summed E-state index contributed by atoms with van der Waals surface area (Å²) in [6.07, 6.45) is 5.05. The third-order valence-electron chi connectivity index (χ3n) is 5.24. The van der Waals surface area contributed by atoms with E-state index in [4.69, 9.17) is 5.10 Å². The highest BCUT2D eigenvalue weighted by Crippen LogP contribution is 2.27. The Labute approximate surface area is 195 Å². The molecular formula is C25H22N6OS. The van der Waals surface area contributed by atoms with Crippen molar-refractivity contribution in [3.05, 3.63) is 113 Å². The van der Waals surface area contributed by atoms with Gasteiger partial charge >= 0.3 is 0 Å². The van der Waals surface area contributed by atoms with E-state index in [1.807, 2.05) is 70.9 Å². The molecule has 0 saturated carbocycles. The van der Waals surface area contributed by atoms with Crippen LogP contribution in [0, 0.1) is 0 Å². The molecule has 0 aliphatic rings. The van der Waals surface area contributed by atoms with Crippen LogP contribution in [0.5, 0.6) is 0 Å². The van der Waals surface area contributed by atoms with Crippen LogP contribution in [0.2, 0.25) is 0 Å². The summed E-state index contributed by atoms with van der Waals surface area (Å²) in [6, 6.07) is 22.2. The molecule has 0 bridgehead atoms. The van der Waals surface area contributed by atoms with Crippen LogP contribution in [0.3, 0.4) is 0 Å². The second-order valence-corrected chi connectivity index (χ2v) is 8.59. The summed E-state index contributed by atoms with van der Waals surface area (Å²) < 4.78 is 3.61. The first kappa shape index (κ1) is 20.8. The highest BCUT2D eigenvalue weighted by atomic mass is 32.1. The number of rotatable bonds is 8. The lowest BCUT2D eigenvalue weighted by molar-refractivity contribution is 0.0951. The van der Waals surface area contributed by atoms with Gasteiger partial charge in [-0.25, -0.2) is 9.67 Å². The van der Waals surface area contributed by atoms with Crippen LogP contribution in [0.25, 0.3) is 10.6 Å². The summed E-state index contributed by atoms with van der Waals surface area (Å²) in [4.78, 5) is 18.0. The first-order chi connectivity index (χ1) is 16.2. The van der Waals surface area contributed by atoms with Crippen LogP contribution in [0.15, 0.2) is 91.0 Å². The number of aromatic nitrogens is 5. The molecule has 0 radical (unpaired) electrons. The smallest absolute Gasteiger partial charge is 0.255 e. The van der Waals surface area contributed by atoms with Gasteiger partial charge in [0.15, 0.2) is 0 Å². The fourth-order valence-electron chi connectivity index (χ4n) is 3.58. The minimum Gasteiger partial charge on any atom is -0.348 e. The highest BCUT2D eigenvalue weighted by molar-refractivity contribution is 7.13. The van der Waals surface area contributed by atoms with Crippen LogP contribution >= 0.6 is 11.3 Å². The number of hydrogen-bond donors (Lipinski definition) is 1. The number of thiophene rings is 1. The molecule has 7 nitrogen and oxygen atoms in total. The van der Waals surface area contributed by atoms with E-state index < -0.39 is 0 Å². The summed E-state index contributed by atoms with van der Waals surface area (Å²) in [6.45, 7) is 1.72. The van der Waals surface area contributed by atoms with Crippen molar-refractivity contribution in [2.45, 2.75) is 19.6 Å². The molecule has 1 amide bonds. The molecular weight excluding hydrogens is 432 g/mol. The molecule has 0 unspecified atom stereocenters. The van der Waals surface area contributed by atoms with Crippen LogP contribution in [-0.4, -0.2) is 30.5 Å². The van der Waals surface area contributed by atoms with E-state index in [9.17, 15) is 4.79 Å². The van der Waals surface area contributed by atoms with Gasteiger partial charge in [0.1, 0.15) is 18.3 Å². The number of carbonyl (C=O) groups excluding carboxylic acids is 1. The molecule has 0 saturated heterocycles. The maximum absolute atomic E-state index is 13.1. The van der Waals surface area contributed by atoms with Crippen molar-refractivity contribution in [1.29, 1.82) is 0 Å². The second kappa shape index (κ2) is 9.62. The average Bonchev–Trinajstić information content (AvgIpc) is 3.61. The molecule has 0 spiro atoms. The topological polar surface area (TPSA) is 77.6 Å². The molecule has 0 atom stereocenters. The van der Waals surface area contributed by atoms with Crippen LogP contribution in [-0.2, 0) is 19.6 Å². The maximum Gasteiger partial charge on any atom is 0.255 e. The predicted molar refractivity (Wildman–Crippen MR) is 128 cm³/mol. The van der Waals surface area contributed by atoms with Gasteiger partial charge in [0.05, 0.1) is 23.5 Å². The highest BCUT2D eigenvalue weighted by Gasteiger charge is 2.18. The summed E-state index contributed by atoms with van der Waals surface area (Å²) in [5.41, 5.74) is 4.58. The van der Waals surface area contributed by atoms with Crippen molar-refractivity contribution in [1.82, 2.24) is 29.9 Å². The molecule has 5 aromatic rings. The molecule has 33 heavy (non-hydrogen) atoms. The van der Waals surface area contributed by atoms with Gasteiger partial charge in [-0.05, 0) is 28.1 Å². The third-order valence-corrected chi connectivity index (χ3v) is 6.11. The number of nitrogens with one attached hydrogen (secondary N) is 1. The van der Waals surface area contributed by atoms with Gasteiger partial charge in [-0.2, -0.15) is 10.2 Å². The van der Waals surface area contributed by atoms with Crippen LogP contribution in [0.4, 0.5) is 0 Å². The van der Waals surface area contributed by atoms with Gasteiger partial charge in [-0.3, -0.25) is 9.48 Å². The molecule has 0 aliphatic carbocycles. The zero-order chi connectivity index (χ0) is 22.5. The lowest BCUT2D eigenvalue weighted by atomic mass is 10.1. The van der Waals surface area contributed by atoms with E-state index in [1.54, 1.807) is 22.3 Å². The SMILES string of the molecule is O=C(NCc1ccc(Cn2cncn2)cc1)c1cn(Cc2ccccc2)nc1-c1cccs1. The van der Waals surface area contributed by atoms with Gasteiger partial charge in [0, 0.05) is 12.7 Å². The molecule has 0 fully saturated rings. The lowest BCUT2D eigenvalue weighted by Crippen LogP contribution is -2.23. The Balaban J connectivity index is 1.29. The summed E-state index contributed by atoms with van der Waals surface area (Å²) in [5, 5.41) is 13.9. The zero-order valence-electron chi connectivity index (χ0n) is 17.8. The molecule has 1 N–H and O–H groups in total. The fraction of sp³-hybridized carbons (Fsp3) is 0.120. The van der Waals surface area contributed by atoms with E-state index >= 15 is 0 Å². The summed E-state index contributed by atoms with van der Waals surface area (Å²) in [7, 11) is 0. The Kier molecular flexibility index (Phi) is 6.08. The maximum atomic E-state index is 13.1. The Morgan fingerprint density at radius 3 is 2.36 bits per heavy atom. The number of nitrogens with zero attached hydrogens (tertiary/aromatic N) is 5. The molecule has 164 valence electrons. The Morgan fingerprint density at radius 1 is 0.879 bits per heavy atom. The minimum absolute atomic E-state index is 0.135. The Morgan fingerprint density at radius 2 is 1.64 bits per heavy atom. The first-order valence-corrected chi connectivity index (χ1v) is 11.5. The van der Waals surface area contributed by atoms with Crippen molar-refractivity contribution in [3.63, 3.8) is 0 Å². The molecule has 8 heteroatoms. The number of amides is 1. The van der Waals surface area contributed by atoms with E-state index in [1.165, 1.54) is 6.33 Å². The molecule has 5 rings (SSSR count). The molecule has 3 aromatic heterocycles. The minimum atomic E-state index is -0.135. The van der Waals surface area contributed by atoms with Crippen LogP contribution < -0.4 is 5.32 Å². The van der Waals surface area contributed by atoms with Gasteiger partial charge in [-0.15, -0.1) is 11.3 Å². The molecule has 0 aliphatic heterocycles. The van der Waals surface area contributed by atoms with E-state index in [2.05, 4.69) is 27.5 Å². The van der Waals surface area contributed by atoms with Gasteiger partial charge in [-0.1, -0.05) is 60.7 Å². The van der Waals surface area contributed by atoms with Gasteiger partial charge in [0.25, 0.3) is 5.91 Å². The summed E-state index contributed by atoms with van der Waals surface area (Å²) >= 11 is 1.58. The number of hydrogen-bond acceptors (Lipinski definition) is 5. The number of benzene rings is 2. The molecule has 3 heterocycles. The lowest BCUT2D eigenvalue weighted by Gasteiger charge is -2.07. The number of carbonyl (C=O) groups is 1. The van der Waals surface area contributed by atoms with Crippen molar-refractivity contribution in [3.8, 4) is 10.6 Å². The third kappa shape index (κ3) is 5.07. The van der Waals surface area contributed by atoms with Gasteiger partial charge in [0.2, 0.25) is 0 Å². The first-order valence-electron chi connectivity index (χ1n) is 10.6. The van der Waals surface area contributed by atoms with Crippen LogP contribution in [0.1, 0.15) is 27.0 Å².